The van der Waals surface area contributed by atoms with Crippen LogP contribution < -0.4 is 4.90 Å². The van der Waals surface area contributed by atoms with Gasteiger partial charge in [-0.2, -0.15) is 0 Å². The number of hydrogen-bond donors (Lipinski definition) is 0. The maximum absolute atomic E-state index is 2.44. The molecule has 0 atom stereocenters. The van der Waals surface area contributed by atoms with Gasteiger partial charge in [0.05, 0.1) is 33.1 Å². The van der Waals surface area contributed by atoms with Gasteiger partial charge < -0.3 is 27.7 Å². The van der Waals surface area contributed by atoms with Gasteiger partial charge in [0.15, 0.2) is 0 Å². The van der Waals surface area contributed by atoms with Crippen molar-refractivity contribution >= 4 is 126 Å². The number of benzene rings is 16. The average Bonchev–Trinajstić information content (AvgIpc) is 1.39. The van der Waals surface area contributed by atoms with Crippen LogP contribution in [-0.4, -0.2) is 22.8 Å². The molecule has 0 saturated carbocycles. The van der Waals surface area contributed by atoms with E-state index in [1.165, 1.54) is 159 Å². The van der Waals surface area contributed by atoms with E-state index in [1.54, 1.807) is 0 Å². The summed E-state index contributed by atoms with van der Waals surface area (Å²) in [5.74, 6) is 0. The van der Waals surface area contributed by atoms with Crippen molar-refractivity contribution in [2.45, 2.75) is 93.2 Å². The summed E-state index contributed by atoms with van der Waals surface area (Å²) in [7, 11) is 0. The van der Waals surface area contributed by atoms with Gasteiger partial charge in [-0.3, -0.25) is 0 Å². The van der Waals surface area contributed by atoms with E-state index in [-0.39, 0.29) is 10.8 Å². The maximum Gasteiger partial charge on any atom is 0.0541 e. The lowest BCUT2D eigenvalue weighted by molar-refractivity contribution is 0.590. The van der Waals surface area contributed by atoms with Gasteiger partial charge in [0.2, 0.25) is 0 Å². The fourth-order valence-corrected chi connectivity index (χ4v) is 18.4. The number of hydrogen-bond acceptors (Lipinski definition) is 1. The van der Waals surface area contributed by atoms with Crippen LogP contribution >= 0.6 is 0 Å². The third kappa shape index (κ3) is 12.2. The van der Waals surface area contributed by atoms with E-state index >= 15 is 0 Å². The highest BCUT2D eigenvalue weighted by atomic mass is 15.1. The summed E-state index contributed by atoms with van der Waals surface area (Å²) in [5.41, 5.74) is 34.2. The fourth-order valence-electron chi connectivity index (χ4n) is 18.4. The van der Waals surface area contributed by atoms with Gasteiger partial charge in [0.25, 0.3) is 0 Å². The summed E-state index contributed by atoms with van der Waals surface area (Å²) >= 11 is 0. The molecule has 21 rings (SSSR count). The van der Waals surface area contributed by atoms with Crippen LogP contribution in [0.2, 0.25) is 0 Å². The molecule has 0 aliphatic carbocycles. The quantitative estimate of drug-likeness (QED) is 0.120. The van der Waals surface area contributed by atoms with Gasteiger partial charge in [-0.05, 0) is 264 Å². The van der Waals surface area contributed by atoms with E-state index in [0.29, 0.717) is 0 Å². The van der Waals surface area contributed by atoms with Gasteiger partial charge in [-0.1, -0.05) is 235 Å². The molecule has 562 valence electrons. The molecule has 0 unspecified atom stereocenters. The Hall–Kier alpha value is -13.7. The Morgan fingerprint density at radius 1 is 0.216 bits per heavy atom. The molecule has 0 aliphatic heterocycles. The van der Waals surface area contributed by atoms with Crippen molar-refractivity contribution in [1.82, 2.24) is 22.8 Å². The van der Waals surface area contributed by atoms with Gasteiger partial charge in [-0.15, -0.1) is 0 Å². The van der Waals surface area contributed by atoms with Crippen molar-refractivity contribution in [3.63, 3.8) is 0 Å². The molecule has 0 spiro atoms. The molecule has 0 radical (unpaired) electrons. The van der Waals surface area contributed by atoms with Gasteiger partial charge >= 0.3 is 0 Å². The Kier molecular flexibility index (Phi) is 17.3. The Balaban J connectivity index is 0.000000233. The zero-order chi connectivity index (χ0) is 78.8. The SMILES string of the molecule is CCn1c2ccccc2c2cc(-c3ccc4c(c3)c3cc(C)ccc3n4CC)ccc21.Cc1ccc2c(c1)c1ccccc1n2-c1ccc(-c2ccc(N(c3ccc(-c4ccc(-n5c6ccccc6c6ccccc65)cc4)cc3)c3ccc(-c4ccc(-n5c6ccc(C(C)(C)C)cc6c6cc(C(C)(C)C)ccc65)cc4)cc3)cc2)cc1. The molecule has 0 fully saturated rings. The number of anilines is 3. The van der Waals surface area contributed by atoms with E-state index in [0.717, 1.165) is 63.9 Å². The van der Waals surface area contributed by atoms with Gasteiger partial charge in [-0.25, -0.2) is 0 Å². The Bertz CT molecular complexity index is 7260. The number of nitrogens with zero attached hydrogens (tertiary/aromatic N) is 6. The minimum absolute atomic E-state index is 0.0445. The zero-order valence-corrected chi connectivity index (χ0v) is 67.6. The predicted octanol–water partition coefficient (Wildman–Crippen LogP) is 30.3. The lowest BCUT2D eigenvalue weighted by Gasteiger charge is -2.26. The summed E-state index contributed by atoms with van der Waals surface area (Å²) in [6.45, 7) is 24.5. The molecule has 0 N–H and O–H groups in total. The monoisotopic (exact) mass is 1500 g/mol. The Labute approximate surface area is 678 Å². The second kappa shape index (κ2) is 28.2. The Morgan fingerprint density at radius 3 is 0.793 bits per heavy atom. The highest BCUT2D eigenvalue weighted by Gasteiger charge is 2.24. The minimum atomic E-state index is 0.0445. The smallest absolute Gasteiger partial charge is 0.0541 e. The first-order valence-electron chi connectivity index (χ1n) is 41.0. The standard InChI is InChI=1S/C81H66N4.C29H26N2/c1-53-20-47-77-71(50-53)70-16-10-13-19-76(70)84(77)66-43-29-58(30-44-66)55-23-37-63(38-24-55)82(62-35-21-54(22-36-62)57-27-41-65(42-28-57)83-74-17-11-8-14-68(74)69-15-9-12-18-75(69)83)64-39-25-56(26-40-64)59-31-45-67(46-32-59)85-78-48-33-60(80(2,3)4)51-72(78)73-52-61(81(5,6)7)34-49-79(73)85;1-4-30-26-9-7-6-8-22(26)24-17-20(11-14-28(24)30)21-12-15-29-25(18-21)23-16-19(3)10-13-27(23)31(29)5-2/h8-52H,1-7H3;6-18H,4-5H2,1-3H3. The number of aromatic nitrogens is 5. The van der Waals surface area contributed by atoms with Crippen LogP contribution in [0, 0.1) is 13.8 Å². The molecule has 0 saturated heterocycles. The summed E-state index contributed by atoms with van der Waals surface area (Å²) in [6.07, 6.45) is 0. The summed E-state index contributed by atoms with van der Waals surface area (Å²) < 4.78 is 12.0. The molecular weight excluding hydrogens is 1410 g/mol. The third-order valence-corrected chi connectivity index (χ3v) is 24.4. The molecule has 116 heavy (non-hydrogen) atoms. The zero-order valence-electron chi connectivity index (χ0n) is 67.6. The van der Waals surface area contributed by atoms with Crippen LogP contribution in [0.5, 0.6) is 0 Å². The highest BCUT2D eigenvalue weighted by Crippen LogP contribution is 2.44. The van der Waals surface area contributed by atoms with E-state index in [1.807, 2.05) is 0 Å². The van der Waals surface area contributed by atoms with Crippen molar-refractivity contribution in [3.05, 3.63) is 374 Å². The maximum atomic E-state index is 2.44. The molecule has 6 nitrogen and oxygen atoms in total. The number of fused-ring (bicyclic) bond motifs is 15. The van der Waals surface area contributed by atoms with Crippen LogP contribution in [0.1, 0.15) is 77.6 Å². The van der Waals surface area contributed by atoms with Crippen molar-refractivity contribution < 1.29 is 0 Å². The molecule has 5 heterocycles. The lowest BCUT2D eigenvalue weighted by atomic mass is 9.85. The van der Waals surface area contributed by atoms with E-state index in [9.17, 15) is 0 Å². The summed E-state index contributed by atoms with van der Waals surface area (Å²) in [4.78, 5) is 2.37. The summed E-state index contributed by atoms with van der Waals surface area (Å²) in [6, 6.07) is 131. The largest absolute Gasteiger partial charge is 0.341 e. The summed E-state index contributed by atoms with van der Waals surface area (Å²) in [5, 5.41) is 13.0. The first-order chi connectivity index (χ1) is 56.5. The number of para-hydroxylation sites is 4. The molecule has 0 aliphatic rings. The molecule has 0 amide bonds. The highest BCUT2D eigenvalue weighted by molar-refractivity contribution is 6.14. The third-order valence-electron chi connectivity index (χ3n) is 24.4. The van der Waals surface area contributed by atoms with Crippen LogP contribution in [0.25, 0.3) is 171 Å². The lowest BCUT2D eigenvalue weighted by Crippen LogP contribution is -2.10. The van der Waals surface area contributed by atoms with E-state index < -0.39 is 0 Å². The fraction of sp³-hybridized carbons (Fsp3) is 0.127. The molecule has 16 aromatic carbocycles. The first kappa shape index (κ1) is 71.4. The minimum Gasteiger partial charge on any atom is -0.341 e. The second-order valence-corrected chi connectivity index (χ2v) is 33.6. The van der Waals surface area contributed by atoms with Crippen molar-refractivity contribution in [3.8, 4) is 61.6 Å². The van der Waals surface area contributed by atoms with Crippen LogP contribution in [-0.2, 0) is 23.9 Å². The first-order valence-corrected chi connectivity index (χ1v) is 41.0. The Morgan fingerprint density at radius 2 is 0.448 bits per heavy atom. The molecule has 5 aromatic heterocycles. The number of rotatable bonds is 12. The van der Waals surface area contributed by atoms with E-state index in [4.69, 9.17) is 0 Å². The van der Waals surface area contributed by atoms with Crippen LogP contribution in [0.15, 0.2) is 352 Å². The molecule has 6 heteroatoms. The molecular formula is C110H92N6. The number of aryl methyl sites for hydroxylation is 4. The van der Waals surface area contributed by atoms with Crippen LogP contribution in [0.4, 0.5) is 17.1 Å². The molecule has 21 aromatic rings. The predicted molar refractivity (Wildman–Crippen MR) is 497 cm³/mol. The average molecular weight is 1500 g/mol. The molecule has 0 bridgehead atoms. The topological polar surface area (TPSA) is 27.9 Å². The van der Waals surface area contributed by atoms with Crippen LogP contribution in [0.3, 0.4) is 0 Å². The van der Waals surface area contributed by atoms with Gasteiger partial charge in [0, 0.05) is 123 Å². The second-order valence-electron chi connectivity index (χ2n) is 33.6. The van der Waals surface area contributed by atoms with Crippen molar-refractivity contribution in [2.24, 2.45) is 0 Å². The van der Waals surface area contributed by atoms with Gasteiger partial charge in [0.1, 0.15) is 0 Å². The van der Waals surface area contributed by atoms with Crippen molar-refractivity contribution in [1.29, 1.82) is 0 Å². The normalized spacial score (nSPS) is 12.1. The van der Waals surface area contributed by atoms with E-state index in [2.05, 4.69) is 449 Å². The van der Waals surface area contributed by atoms with Crippen molar-refractivity contribution in [2.75, 3.05) is 4.90 Å².